The Kier molecular flexibility index (Phi) is 5.49. The van der Waals surface area contributed by atoms with Crippen molar-refractivity contribution < 1.29 is 24.2 Å². The van der Waals surface area contributed by atoms with Gasteiger partial charge in [0, 0.05) is 30.0 Å². The van der Waals surface area contributed by atoms with Crippen LogP contribution in [0.3, 0.4) is 0 Å². The Morgan fingerprint density at radius 1 is 1.03 bits per heavy atom. The Labute approximate surface area is 188 Å². The molecule has 1 unspecified atom stereocenters. The molecule has 0 aromatic heterocycles. The number of anilines is 1. The average molecular weight is 436 g/mol. The number of aryl methyl sites for hydroxylation is 1. The fraction of sp³-hybridized carbons (Fsp3) is 0.385. The number of carbonyl (C=O) groups excluding carboxylic acids is 2. The number of ketones is 1. The molecular weight excluding hydrogens is 406 g/mol. The SMILES string of the molecule is COc1cc(C2CC(=O)N(c3ccccc3C)C3=C2C(=O)CC(C)(C)C3)cc(OC)c1O. The molecule has 2 aliphatic rings. The molecule has 0 spiro atoms. The van der Waals surface area contributed by atoms with E-state index in [1.165, 1.54) is 14.2 Å². The summed E-state index contributed by atoms with van der Waals surface area (Å²) in [6.07, 6.45) is 1.19. The summed E-state index contributed by atoms with van der Waals surface area (Å²) >= 11 is 0. The van der Waals surface area contributed by atoms with Crippen LogP contribution in [0.5, 0.6) is 17.2 Å². The lowest BCUT2D eigenvalue weighted by molar-refractivity contribution is -0.121. The van der Waals surface area contributed by atoms with E-state index in [1.54, 1.807) is 17.0 Å². The minimum atomic E-state index is -0.426. The number of Topliss-reactive ketones (excluding diaryl/α,β-unsaturated/α-hetero) is 1. The fourth-order valence-corrected chi connectivity index (χ4v) is 4.91. The van der Waals surface area contributed by atoms with Crippen LogP contribution in [0, 0.1) is 12.3 Å². The number of aromatic hydroxyl groups is 1. The number of carbonyl (C=O) groups is 2. The summed E-state index contributed by atoms with van der Waals surface area (Å²) in [5.41, 5.74) is 3.71. The number of methoxy groups -OCH3 is 2. The third-order valence-electron chi connectivity index (χ3n) is 6.40. The molecule has 0 fully saturated rings. The molecule has 1 amide bonds. The highest BCUT2D eigenvalue weighted by Gasteiger charge is 2.44. The Balaban J connectivity index is 1.94. The summed E-state index contributed by atoms with van der Waals surface area (Å²) in [6.45, 7) is 6.09. The number of benzene rings is 2. The highest BCUT2D eigenvalue weighted by Crippen LogP contribution is 2.50. The maximum Gasteiger partial charge on any atom is 0.232 e. The first kappa shape index (κ1) is 21.9. The van der Waals surface area contributed by atoms with Crippen LogP contribution < -0.4 is 14.4 Å². The van der Waals surface area contributed by atoms with Gasteiger partial charge in [-0.05, 0) is 48.1 Å². The number of hydrogen-bond acceptors (Lipinski definition) is 5. The van der Waals surface area contributed by atoms with Crippen LogP contribution in [-0.2, 0) is 9.59 Å². The van der Waals surface area contributed by atoms with Crippen molar-refractivity contribution in [2.75, 3.05) is 19.1 Å². The number of amides is 1. The Morgan fingerprint density at radius 2 is 1.66 bits per heavy atom. The Morgan fingerprint density at radius 3 is 2.25 bits per heavy atom. The molecule has 6 heteroatoms. The number of phenolic OH excluding ortho intramolecular Hbond substituents is 1. The van der Waals surface area contributed by atoms with E-state index in [1.807, 2.05) is 31.2 Å². The van der Waals surface area contributed by atoms with E-state index in [0.29, 0.717) is 18.4 Å². The van der Waals surface area contributed by atoms with Crippen LogP contribution in [0.2, 0.25) is 0 Å². The first-order valence-corrected chi connectivity index (χ1v) is 10.8. The van der Waals surface area contributed by atoms with Gasteiger partial charge < -0.3 is 14.6 Å². The van der Waals surface area contributed by atoms with Crippen molar-refractivity contribution >= 4 is 17.4 Å². The van der Waals surface area contributed by atoms with Crippen LogP contribution in [0.4, 0.5) is 5.69 Å². The van der Waals surface area contributed by atoms with Crippen molar-refractivity contribution in [1.82, 2.24) is 0 Å². The Bertz CT molecular complexity index is 1110. The molecule has 6 nitrogen and oxygen atoms in total. The topological polar surface area (TPSA) is 76.1 Å². The maximum atomic E-state index is 13.5. The van der Waals surface area contributed by atoms with Crippen molar-refractivity contribution in [1.29, 1.82) is 0 Å². The summed E-state index contributed by atoms with van der Waals surface area (Å²) in [6, 6.07) is 11.1. The molecule has 168 valence electrons. The summed E-state index contributed by atoms with van der Waals surface area (Å²) < 4.78 is 10.6. The number of ether oxygens (including phenoxy) is 2. The van der Waals surface area contributed by atoms with Gasteiger partial charge in [0.2, 0.25) is 11.7 Å². The molecule has 1 N–H and O–H groups in total. The predicted octanol–water partition coefficient (Wildman–Crippen LogP) is 4.88. The smallest absolute Gasteiger partial charge is 0.232 e. The van der Waals surface area contributed by atoms with Gasteiger partial charge in [-0.15, -0.1) is 0 Å². The summed E-state index contributed by atoms with van der Waals surface area (Å²) in [5.74, 6) is -0.0341. The third kappa shape index (κ3) is 3.64. The van der Waals surface area contributed by atoms with Crippen molar-refractivity contribution in [2.24, 2.45) is 5.41 Å². The quantitative estimate of drug-likeness (QED) is 0.741. The van der Waals surface area contributed by atoms with Gasteiger partial charge >= 0.3 is 0 Å². The van der Waals surface area contributed by atoms with Crippen molar-refractivity contribution in [3.05, 3.63) is 58.8 Å². The third-order valence-corrected chi connectivity index (χ3v) is 6.40. The molecule has 1 heterocycles. The molecule has 0 saturated carbocycles. The van der Waals surface area contributed by atoms with Crippen LogP contribution in [0.1, 0.15) is 50.2 Å². The van der Waals surface area contributed by atoms with Crippen molar-refractivity contribution in [3.8, 4) is 17.2 Å². The maximum absolute atomic E-state index is 13.5. The molecule has 4 rings (SSSR count). The van der Waals surface area contributed by atoms with Crippen LogP contribution >= 0.6 is 0 Å². The average Bonchev–Trinajstić information content (AvgIpc) is 2.73. The standard InChI is InChI=1S/C26H29NO5/c1-15-8-6-7-9-18(15)27-19-13-26(2,3)14-20(28)24(19)17(12-23(27)29)16-10-21(31-4)25(30)22(11-16)32-5/h6-11,17,30H,12-14H2,1-5H3. The first-order valence-electron chi connectivity index (χ1n) is 10.8. The molecule has 0 saturated heterocycles. The van der Waals surface area contributed by atoms with Gasteiger partial charge in [0.05, 0.1) is 19.9 Å². The van der Waals surface area contributed by atoms with Gasteiger partial charge in [0.15, 0.2) is 17.3 Å². The van der Waals surface area contributed by atoms with Gasteiger partial charge in [0.25, 0.3) is 0 Å². The summed E-state index contributed by atoms with van der Waals surface area (Å²) in [5, 5.41) is 10.3. The highest BCUT2D eigenvalue weighted by atomic mass is 16.5. The van der Waals surface area contributed by atoms with Gasteiger partial charge in [-0.25, -0.2) is 0 Å². The lowest BCUT2D eigenvalue weighted by Gasteiger charge is -2.43. The van der Waals surface area contributed by atoms with Gasteiger partial charge in [0.1, 0.15) is 0 Å². The molecule has 1 aliphatic heterocycles. The molecule has 1 atom stereocenters. The number of hydrogen-bond donors (Lipinski definition) is 1. The van der Waals surface area contributed by atoms with E-state index >= 15 is 0 Å². The van der Waals surface area contributed by atoms with Crippen LogP contribution in [-0.4, -0.2) is 31.0 Å². The second kappa shape index (κ2) is 8.01. The first-order chi connectivity index (χ1) is 15.2. The molecule has 0 radical (unpaired) electrons. The zero-order valence-corrected chi connectivity index (χ0v) is 19.2. The molecule has 2 aromatic rings. The van der Waals surface area contributed by atoms with Crippen LogP contribution in [0.25, 0.3) is 0 Å². The lowest BCUT2D eigenvalue weighted by atomic mass is 9.69. The van der Waals surface area contributed by atoms with E-state index in [0.717, 1.165) is 22.5 Å². The second-order valence-electron chi connectivity index (χ2n) is 9.35. The molecule has 0 bridgehead atoms. The second-order valence-corrected chi connectivity index (χ2v) is 9.35. The number of phenols is 1. The Hall–Kier alpha value is -3.28. The number of rotatable bonds is 4. The number of nitrogens with zero attached hydrogens (tertiary/aromatic N) is 1. The van der Waals surface area contributed by atoms with E-state index in [9.17, 15) is 14.7 Å². The van der Waals surface area contributed by atoms with Gasteiger partial charge in [-0.2, -0.15) is 0 Å². The monoisotopic (exact) mass is 435 g/mol. The highest BCUT2D eigenvalue weighted by molar-refractivity contribution is 6.08. The molecule has 2 aromatic carbocycles. The van der Waals surface area contributed by atoms with Gasteiger partial charge in [-0.3, -0.25) is 14.5 Å². The number of allylic oxidation sites excluding steroid dienone is 2. The van der Waals surface area contributed by atoms with E-state index in [-0.39, 0.29) is 40.8 Å². The molecule has 1 aliphatic carbocycles. The van der Waals surface area contributed by atoms with Crippen molar-refractivity contribution in [3.63, 3.8) is 0 Å². The largest absolute Gasteiger partial charge is 0.502 e. The minimum absolute atomic E-state index is 0.0540. The lowest BCUT2D eigenvalue weighted by Crippen LogP contribution is -2.44. The van der Waals surface area contributed by atoms with Crippen molar-refractivity contribution in [2.45, 2.75) is 46.0 Å². The van der Waals surface area contributed by atoms with E-state index in [4.69, 9.17) is 9.47 Å². The fourth-order valence-electron chi connectivity index (χ4n) is 4.91. The number of para-hydroxylation sites is 1. The summed E-state index contributed by atoms with van der Waals surface area (Å²) in [7, 11) is 2.92. The minimum Gasteiger partial charge on any atom is -0.502 e. The molecular formula is C26H29NO5. The van der Waals surface area contributed by atoms with Crippen LogP contribution in [0.15, 0.2) is 47.7 Å². The van der Waals surface area contributed by atoms with E-state index < -0.39 is 5.92 Å². The summed E-state index contributed by atoms with van der Waals surface area (Å²) in [4.78, 5) is 28.8. The van der Waals surface area contributed by atoms with E-state index in [2.05, 4.69) is 13.8 Å². The zero-order chi connectivity index (χ0) is 23.2. The predicted molar refractivity (Wildman–Crippen MR) is 122 cm³/mol. The molecule has 32 heavy (non-hydrogen) atoms. The zero-order valence-electron chi connectivity index (χ0n) is 19.2. The normalized spacial score (nSPS) is 20.3. The van der Waals surface area contributed by atoms with Gasteiger partial charge in [-0.1, -0.05) is 32.0 Å².